The summed E-state index contributed by atoms with van der Waals surface area (Å²) in [6.07, 6.45) is 1.39. The van der Waals surface area contributed by atoms with Crippen LogP contribution >= 0.6 is 0 Å². The van der Waals surface area contributed by atoms with E-state index in [1.807, 2.05) is 31.2 Å². The van der Waals surface area contributed by atoms with Crippen LogP contribution in [0.4, 0.5) is 5.82 Å². The first-order valence-corrected chi connectivity index (χ1v) is 4.77. The Bertz CT molecular complexity index is 499. The molecule has 0 fully saturated rings. The molecular formula is C11H10BN3O. The van der Waals surface area contributed by atoms with Crippen molar-refractivity contribution in [2.75, 3.05) is 5.73 Å². The highest BCUT2D eigenvalue weighted by Gasteiger charge is 2.04. The van der Waals surface area contributed by atoms with Crippen LogP contribution in [0.1, 0.15) is 5.56 Å². The number of aromatic nitrogens is 2. The number of rotatable bonds is 2. The second-order valence-corrected chi connectivity index (χ2v) is 3.40. The fraction of sp³-hybridized carbons (Fsp3) is 0.0909. The first-order valence-electron chi connectivity index (χ1n) is 4.77. The summed E-state index contributed by atoms with van der Waals surface area (Å²) in [4.78, 5) is 7.82. The van der Waals surface area contributed by atoms with E-state index in [0.717, 1.165) is 5.56 Å². The van der Waals surface area contributed by atoms with Crippen molar-refractivity contribution in [3.8, 4) is 11.6 Å². The second-order valence-electron chi connectivity index (χ2n) is 3.40. The Morgan fingerprint density at radius 2 is 1.94 bits per heavy atom. The molecule has 0 unspecified atom stereocenters. The van der Waals surface area contributed by atoms with Gasteiger partial charge in [0.15, 0.2) is 5.82 Å². The van der Waals surface area contributed by atoms with E-state index in [1.165, 1.54) is 6.20 Å². The maximum Gasteiger partial charge on any atom is 0.262 e. The molecule has 0 aliphatic carbocycles. The SMILES string of the molecule is [B]c1cnc(N)c(Oc2ccc(C)cc2)n1. The van der Waals surface area contributed by atoms with Crippen molar-refractivity contribution in [3.63, 3.8) is 0 Å². The highest BCUT2D eigenvalue weighted by atomic mass is 16.5. The molecule has 2 N–H and O–H groups in total. The minimum atomic E-state index is 0.217. The monoisotopic (exact) mass is 211 g/mol. The van der Waals surface area contributed by atoms with Gasteiger partial charge in [-0.1, -0.05) is 17.7 Å². The van der Waals surface area contributed by atoms with Gasteiger partial charge in [-0.15, -0.1) is 0 Å². The van der Waals surface area contributed by atoms with Gasteiger partial charge in [-0.3, -0.25) is 0 Å². The Morgan fingerprint density at radius 1 is 1.25 bits per heavy atom. The maximum absolute atomic E-state index is 5.61. The molecule has 2 rings (SSSR count). The molecule has 0 saturated heterocycles. The number of hydrogen-bond acceptors (Lipinski definition) is 4. The highest BCUT2D eigenvalue weighted by Crippen LogP contribution is 2.22. The molecule has 78 valence electrons. The number of aryl methyl sites for hydroxylation is 1. The van der Waals surface area contributed by atoms with E-state index >= 15 is 0 Å². The molecule has 16 heavy (non-hydrogen) atoms. The predicted molar refractivity (Wildman–Crippen MR) is 63.1 cm³/mol. The molecule has 0 spiro atoms. The summed E-state index contributed by atoms with van der Waals surface area (Å²) < 4.78 is 5.47. The van der Waals surface area contributed by atoms with E-state index in [1.54, 1.807) is 0 Å². The third-order valence-electron chi connectivity index (χ3n) is 2.02. The van der Waals surface area contributed by atoms with Crippen LogP contribution < -0.4 is 16.1 Å². The number of nitrogens with two attached hydrogens (primary N) is 1. The average molecular weight is 211 g/mol. The van der Waals surface area contributed by atoms with Crippen molar-refractivity contribution in [2.24, 2.45) is 0 Å². The zero-order valence-corrected chi connectivity index (χ0v) is 8.84. The van der Waals surface area contributed by atoms with Crippen LogP contribution in [-0.4, -0.2) is 17.8 Å². The summed E-state index contributed by atoms with van der Waals surface area (Å²) in [6, 6.07) is 7.54. The Hall–Kier alpha value is -2.04. The molecule has 1 aromatic carbocycles. The molecule has 2 radical (unpaired) electrons. The van der Waals surface area contributed by atoms with Gasteiger partial charge in [0.1, 0.15) is 13.6 Å². The summed E-state index contributed by atoms with van der Waals surface area (Å²) in [6.45, 7) is 2.00. The van der Waals surface area contributed by atoms with Crippen molar-refractivity contribution in [3.05, 3.63) is 36.0 Å². The first-order chi connectivity index (χ1) is 7.65. The molecule has 1 heterocycles. The fourth-order valence-electron chi connectivity index (χ4n) is 1.19. The molecule has 5 heteroatoms. The molecule has 0 bridgehead atoms. The van der Waals surface area contributed by atoms with Crippen LogP contribution in [0.3, 0.4) is 0 Å². The number of nitrogens with zero attached hydrogens (tertiary/aromatic N) is 2. The van der Waals surface area contributed by atoms with Crippen molar-refractivity contribution in [1.29, 1.82) is 0 Å². The van der Waals surface area contributed by atoms with Crippen LogP contribution in [0, 0.1) is 6.92 Å². The van der Waals surface area contributed by atoms with E-state index < -0.39 is 0 Å². The van der Waals surface area contributed by atoms with Crippen LogP contribution in [0.15, 0.2) is 30.5 Å². The Balaban J connectivity index is 2.26. The minimum Gasteiger partial charge on any atom is -0.436 e. The van der Waals surface area contributed by atoms with Crippen LogP contribution in [0.5, 0.6) is 11.6 Å². The molecule has 0 aliphatic heterocycles. The fourth-order valence-corrected chi connectivity index (χ4v) is 1.19. The van der Waals surface area contributed by atoms with Crippen LogP contribution in [0.2, 0.25) is 0 Å². The standard InChI is InChI=1S/C11H10BN3O/c1-7-2-4-8(5-3-7)16-11-10(13)14-6-9(12)15-11/h2-6H,1H3,(H2,13,14). The molecule has 0 saturated carbocycles. The van der Waals surface area contributed by atoms with Crippen molar-refractivity contribution >= 4 is 19.3 Å². The highest BCUT2D eigenvalue weighted by molar-refractivity contribution is 6.30. The van der Waals surface area contributed by atoms with E-state index in [0.29, 0.717) is 5.75 Å². The summed E-state index contributed by atoms with van der Waals surface area (Å²) >= 11 is 0. The molecule has 1 aromatic heterocycles. The Labute approximate surface area is 94.9 Å². The van der Waals surface area contributed by atoms with E-state index in [4.69, 9.17) is 18.3 Å². The molecule has 2 aromatic rings. The number of anilines is 1. The average Bonchev–Trinajstić information content (AvgIpc) is 2.27. The molecule has 0 aliphatic rings. The summed E-state index contributed by atoms with van der Waals surface area (Å²) in [7, 11) is 5.50. The molecule has 0 amide bonds. The van der Waals surface area contributed by atoms with E-state index in [2.05, 4.69) is 9.97 Å². The Morgan fingerprint density at radius 3 is 2.62 bits per heavy atom. The lowest BCUT2D eigenvalue weighted by molar-refractivity contribution is 0.464. The predicted octanol–water partition coefficient (Wildman–Crippen LogP) is 0.953. The van der Waals surface area contributed by atoms with Crippen LogP contribution in [-0.2, 0) is 0 Å². The number of benzene rings is 1. The summed E-state index contributed by atoms with van der Waals surface area (Å²) in [5, 5.41) is 0. The molecular weight excluding hydrogens is 201 g/mol. The number of ether oxygens (including phenoxy) is 1. The van der Waals surface area contributed by atoms with Gasteiger partial charge in [0.25, 0.3) is 5.88 Å². The third-order valence-corrected chi connectivity index (χ3v) is 2.02. The minimum absolute atomic E-state index is 0.217. The van der Waals surface area contributed by atoms with Crippen molar-refractivity contribution in [1.82, 2.24) is 9.97 Å². The largest absolute Gasteiger partial charge is 0.436 e. The lowest BCUT2D eigenvalue weighted by atomic mass is 10.1. The van der Waals surface area contributed by atoms with Gasteiger partial charge < -0.3 is 10.5 Å². The van der Waals surface area contributed by atoms with Crippen LogP contribution in [0.25, 0.3) is 0 Å². The van der Waals surface area contributed by atoms with Gasteiger partial charge in [-0.05, 0) is 19.1 Å². The number of hydrogen-bond donors (Lipinski definition) is 1. The quantitative estimate of drug-likeness (QED) is 0.751. The lowest BCUT2D eigenvalue weighted by Crippen LogP contribution is -2.12. The van der Waals surface area contributed by atoms with Gasteiger partial charge in [-0.2, -0.15) is 0 Å². The van der Waals surface area contributed by atoms with Crippen molar-refractivity contribution in [2.45, 2.75) is 6.92 Å². The first kappa shape index (κ1) is 10.5. The lowest BCUT2D eigenvalue weighted by Gasteiger charge is -2.07. The van der Waals surface area contributed by atoms with Gasteiger partial charge in [0.2, 0.25) is 0 Å². The Kier molecular flexibility index (Phi) is 2.77. The zero-order chi connectivity index (χ0) is 11.5. The number of nitrogen functional groups attached to an aromatic ring is 1. The third kappa shape index (κ3) is 2.31. The molecule has 4 nitrogen and oxygen atoms in total. The normalized spacial score (nSPS) is 10.1. The summed E-state index contributed by atoms with van der Waals surface area (Å²) in [5.74, 6) is 1.09. The summed E-state index contributed by atoms with van der Waals surface area (Å²) in [5.41, 5.74) is 7.04. The van der Waals surface area contributed by atoms with Gasteiger partial charge in [0.05, 0.1) is 0 Å². The van der Waals surface area contributed by atoms with E-state index in [-0.39, 0.29) is 17.3 Å². The van der Waals surface area contributed by atoms with E-state index in [9.17, 15) is 0 Å². The molecule has 0 atom stereocenters. The second kappa shape index (κ2) is 4.22. The topological polar surface area (TPSA) is 61.0 Å². The van der Waals surface area contributed by atoms with Crippen molar-refractivity contribution < 1.29 is 4.74 Å². The van der Waals surface area contributed by atoms with Gasteiger partial charge in [-0.25, -0.2) is 9.97 Å². The van der Waals surface area contributed by atoms with Gasteiger partial charge in [0, 0.05) is 11.8 Å². The zero-order valence-electron chi connectivity index (χ0n) is 8.84. The smallest absolute Gasteiger partial charge is 0.262 e. The maximum atomic E-state index is 5.61. The van der Waals surface area contributed by atoms with Gasteiger partial charge >= 0.3 is 0 Å².